The number of hydrogen-bond acceptors (Lipinski definition) is 4. The van der Waals surface area contributed by atoms with E-state index < -0.39 is 0 Å². The molecular weight excluding hydrogens is 202 g/mol. The Morgan fingerprint density at radius 1 is 1.50 bits per heavy atom. The van der Waals surface area contributed by atoms with E-state index in [1.807, 2.05) is 11.7 Å². The average molecular weight is 221 g/mol. The van der Waals surface area contributed by atoms with Gasteiger partial charge in [-0.15, -0.1) is 0 Å². The van der Waals surface area contributed by atoms with Crippen molar-refractivity contribution in [1.82, 2.24) is 25.0 Å². The van der Waals surface area contributed by atoms with Crippen molar-refractivity contribution in [2.75, 3.05) is 19.6 Å². The summed E-state index contributed by atoms with van der Waals surface area (Å²) < 4.78 is 1.87. The van der Waals surface area contributed by atoms with Gasteiger partial charge in [0.05, 0.1) is 6.54 Å². The summed E-state index contributed by atoms with van der Waals surface area (Å²) in [6.07, 6.45) is 4.35. The topological polar surface area (TPSA) is 46.0 Å². The van der Waals surface area contributed by atoms with E-state index in [1.54, 1.807) is 6.33 Å². The first-order valence-electron chi connectivity index (χ1n) is 6.11. The Kier molecular flexibility index (Phi) is 2.65. The van der Waals surface area contributed by atoms with E-state index in [4.69, 9.17) is 0 Å². The zero-order valence-electron chi connectivity index (χ0n) is 9.76. The summed E-state index contributed by atoms with van der Waals surface area (Å²) >= 11 is 0. The molecule has 5 heteroatoms. The second kappa shape index (κ2) is 4.14. The van der Waals surface area contributed by atoms with E-state index in [-0.39, 0.29) is 0 Å². The predicted octanol–water partition coefficient (Wildman–Crippen LogP) is -0.00110. The fourth-order valence-electron chi connectivity index (χ4n) is 2.93. The van der Waals surface area contributed by atoms with Crippen LogP contribution in [0.25, 0.3) is 0 Å². The monoisotopic (exact) mass is 221 g/mol. The number of hydrogen-bond donors (Lipinski definition) is 1. The summed E-state index contributed by atoms with van der Waals surface area (Å²) in [6.45, 7) is 4.51. The Labute approximate surface area is 95.8 Å². The molecule has 1 N–H and O–H groups in total. The SMILES string of the molecule is Cn1ncnc1CN1CC2CCCNC2C1. The van der Waals surface area contributed by atoms with Crippen LogP contribution in [-0.4, -0.2) is 45.3 Å². The third-order valence-electron chi connectivity index (χ3n) is 3.85. The largest absolute Gasteiger partial charge is 0.312 e. The normalized spacial score (nSPS) is 30.6. The third kappa shape index (κ3) is 1.85. The number of likely N-dealkylation sites (tertiary alicyclic amines) is 1. The fourth-order valence-corrected chi connectivity index (χ4v) is 2.93. The van der Waals surface area contributed by atoms with Gasteiger partial charge < -0.3 is 5.32 Å². The van der Waals surface area contributed by atoms with E-state index in [0.717, 1.165) is 24.8 Å². The van der Waals surface area contributed by atoms with Crippen LogP contribution in [0.15, 0.2) is 6.33 Å². The van der Waals surface area contributed by atoms with Crippen molar-refractivity contribution in [2.45, 2.75) is 25.4 Å². The maximum absolute atomic E-state index is 4.29. The smallest absolute Gasteiger partial charge is 0.140 e. The van der Waals surface area contributed by atoms with Gasteiger partial charge in [-0.05, 0) is 25.3 Å². The molecule has 0 bridgehead atoms. The van der Waals surface area contributed by atoms with Crippen molar-refractivity contribution in [2.24, 2.45) is 13.0 Å². The molecule has 3 rings (SSSR count). The van der Waals surface area contributed by atoms with Crippen molar-refractivity contribution >= 4 is 0 Å². The van der Waals surface area contributed by atoms with Crippen LogP contribution in [0.3, 0.4) is 0 Å². The lowest BCUT2D eigenvalue weighted by Gasteiger charge is -2.24. The second-order valence-corrected chi connectivity index (χ2v) is 4.96. The van der Waals surface area contributed by atoms with Gasteiger partial charge in [0.1, 0.15) is 12.2 Å². The highest BCUT2D eigenvalue weighted by Crippen LogP contribution is 2.25. The van der Waals surface area contributed by atoms with Gasteiger partial charge in [0.15, 0.2) is 0 Å². The highest BCUT2D eigenvalue weighted by molar-refractivity contribution is 4.94. The maximum atomic E-state index is 4.29. The maximum Gasteiger partial charge on any atom is 0.140 e. The number of nitrogens with zero attached hydrogens (tertiary/aromatic N) is 4. The predicted molar refractivity (Wildman–Crippen MR) is 60.8 cm³/mol. The molecule has 0 amide bonds. The molecule has 2 atom stereocenters. The Morgan fingerprint density at radius 3 is 3.19 bits per heavy atom. The van der Waals surface area contributed by atoms with Crippen LogP contribution < -0.4 is 5.32 Å². The molecule has 3 heterocycles. The summed E-state index contributed by atoms with van der Waals surface area (Å²) in [5.41, 5.74) is 0. The Bertz CT molecular complexity index is 347. The molecule has 2 fully saturated rings. The van der Waals surface area contributed by atoms with E-state index in [1.165, 1.54) is 25.9 Å². The molecule has 2 aliphatic heterocycles. The highest BCUT2D eigenvalue weighted by Gasteiger charge is 2.34. The zero-order chi connectivity index (χ0) is 11.0. The van der Waals surface area contributed by atoms with E-state index in [2.05, 4.69) is 20.3 Å². The standard InChI is InChI=1S/C11H19N5/c1-15-11(13-8-14-15)7-16-5-9-3-2-4-12-10(9)6-16/h8-10,12H,2-7H2,1H3. The van der Waals surface area contributed by atoms with Gasteiger partial charge in [0, 0.05) is 26.2 Å². The van der Waals surface area contributed by atoms with Crippen LogP contribution in [0.5, 0.6) is 0 Å². The molecular formula is C11H19N5. The molecule has 1 aromatic heterocycles. The molecule has 0 aliphatic carbocycles. The molecule has 0 spiro atoms. The molecule has 1 aromatic rings. The van der Waals surface area contributed by atoms with Crippen LogP contribution in [0.1, 0.15) is 18.7 Å². The van der Waals surface area contributed by atoms with Gasteiger partial charge >= 0.3 is 0 Å². The summed E-state index contributed by atoms with van der Waals surface area (Å²) in [5.74, 6) is 1.92. The van der Waals surface area contributed by atoms with E-state index >= 15 is 0 Å². The first-order valence-corrected chi connectivity index (χ1v) is 6.11. The van der Waals surface area contributed by atoms with Crippen molar-refractivity contribution in [3.63, 3.8) is 0 Å². The molecule has 16 heavy (non-hydrogen) atoms. The number of fused-ring (bicyclic) bond motifs is 1. The molecule has 88 valence electrons. The number of nitrogens with one attached hydrogen (secondary N) is 1. The highest BCUT2D eigenvalue weighted by atomic mass is 15.3. The van der Waals surface area contributed by atoms with E-state index in [9.17, 15) is 0 Å². The lowest BCUT2D eigenvalue weighted by Crippen LogP contribution is -2.40. The summed E-state index contributed by atoms with van der Waals surface area (Å²) in [7, 11) is 1.96. The van der Waals surface area contributed by atoms with Crippen molar-refractivity contribution < 1.29 is 0 Å². The second-order valence-electron chi connectivity index (χ2n) is 4.96. The number of aryl methyl sites for hydroxylation is 1. The van der Waals surface area contributed by atoms with Crippen molar-refractivity contribution in [1.29, 1.82) is 0 Å². The molecule has 0 radical (unpaired) electrons. The van der Waals surface area contributed by atoms with Crippen LogP contribution in [-0.2, 0) is 13.6 Å². The number of aromatic nitrogens is 3. The Morgan fingerprint density at radius 2 is 2.44 bits per heavy atom. The lowest BCUT2D eigenvalue weighted by molar-refractivity contribution is 0.300. The number of piperidine rings is 1. The molecule has 2 aliphatic rings. The third-order valence-corrected chi connectivity index (χ3v) is 3.85. The molecule has 2 saturated heterocycles. The zero-order valence-corrected chi connectivity index (χ0v) is 9.76. The van der Waals surface area contributed by atoms with Gasteiger partial charge in [-0.3, -0.25) is 9.58 Å². The molecule has 5 nitrogen and oxygen atoms in total. The first kappa shape index (κ1) is 10.2. The van der Waals surface area contributed by atoms with Crippen molar-refractivity contribution in [3.8, 4) is 0 Å². The van der Waals surface area contributed by atoms with Gasteiger partial charge in [0.2, 0.25) is 0 Å². The van der Waals surface area contributed by atoms with Crippen LogP contribution in [0.2, 0.25) is 0 Å². The lowest BCUT2D eigenvalue weighted by atomic mass is 9.94. The summed E-state index contributed by atoms with van der Waals surface area (Å²) in [4.78, 5) is 6.78. The van der Waals surface area contributed by atoms with Crippen LogP contribution in [0.4, 0.5) is 0 Å². The quantitative estimate of drug-likeness (QED) is 0.763. The van der Waals surface area contributed by atoms with Crippen LogP contribution >= 0.6 is 0 Å². The Balaban J connectivity index is 1.63. The van der Waals surface area contributed by atoms with Gasteiger partial charge in [-0.25, -0.2) is 4.98 Å². The minimum absolute atomic E-state index is 0.710. The average Bonchev–Trinajstić information content (AvgIpc) is 2.85. The molecule has 2 unspecified atom stereocenters. The minimum atomic E-state index is 0.710. The first-order chi connectivity index (χ1) is 7.83. The van der Waals surface area contributed by atoms with Gasteiger partial charge in [-0.2, -0.15) is 5.10 Å². The van der Waals surface area contributed by atoms with Crippen molar-refractivity contribution in [3.05, 3.63) is 12.2 Å². The summed E-state index contributed by atoms with van der Waals surface area (Å²) in [6, 6.07) is 0.710. The number of rotatable bonds is 2. The van der Waals surface area contributed by atoms with E-state index in [0.29, 0.717) is 6.04 Å². The van der Waals surface area contributed by atoms with Crippen LogP contribution in [0, 0.1) is 5.92 Å². The molecule has 0 saturated carbocycles. The molecule has 0 aromatic carbocycles. The van der Waals surface area contributed by atoms with Gasteiger partial charge in [0.25, 0.3) is 0 Å². The summed E-state index contributed by atoms with van der Waals surface area (Å²) in [5, 5.41) is 7.73. The minimum Gasteiger partial charge on any atom is -0.312 e. The Hall–Kier alpha value is -0.940. The van der Waals surface area contributed by atoms with Gasteiger partial charge in [-0.1, -0.05) is 0 Å². The fraction of sp³-hybridized carbons (Fsp3) is 0.818.